The molecule has 0 spiro atoms. The molecule has 0 radical (unpaired) electrons. The number of fused-ring (bicyclic) bond motifs is 1. The van der Waals surface area contributed by atoms with Crippen molar-refractivity contribution in [3.05, 3.63) is 202 Å². The van der Waals surface area contributed by atoms with Crippen LogP contribution in [-0.4, -0.2) is 39.4 Å². The lowest BCUT2D eigenvalue weighted by Gasteiger charge is -2.38. The maximum atomic E-state index is 13.1. The molecule has 7 nitrogen and oxygen atoms in total. The van der Waals surface area contributed by atoms with Crippen LogP contribution in [0.4, 0.5) is 0 Å². The monoisotopic (exact) mass is 714 g/mol. The Labute approximate surface area is 316 Å². The quantitative estimate of drug-likeness (QED) is 0.128. The highest BCUT2D eigenvalue weighted by Gasteiger charge is 2.36. The fraction of sp³-hybridized carbons (Fsp3) is 0.191. The summed E-state index contributed by atoms with van der Waals surface area (Å²) in [4.78, 5) is 29.9. The molecule has 0 aromatic heterocycles. The van der Waals surface area contributed by atoms with Crippen LogP contribution in [0.25, 0.3) is 11.1 Å². The van der Waals surface area contributed by atoms with Crippen LogP contribution < -0.4 is 0 Å². The lowest BCUT2D eigenvalue weighted by Crippen LogP contribution is -2.39. The maximum absolute atomic E-state index is 13.1. The second kappa shape index (κ2) is 16.1. The number of nitrogens with zero attached hydrogens (tertiary/aromatic N) is 2. The third-order valence-electron chi connectivity index (χ3n) is 10.2. The highest BCUT2D eigenvalue weighted by molar-refractivity contribution is 6.21. The van der Waals surface area contributed by atoms with E-state index in [0.717, 1.165) is 46.5 Å². The SMILES string of the molecule is O=C1c2ccccc2C(=O)N1Cc1cccc(-c2cccc([C@H]3O[C@@H](CN(Cc4ccccc4)Cc4ccccc4)C[C@@H](c4ccc(CO)cc4)O3)c2)c1. The minimum absolute atomic E-state index is 0.0135. The van der Waals surface area contributed by atoms with Crippen molar-refractivity contribution in [3.63, 3.8) is 0 Å². The highest BCUT2D eigenvalue weighted by atomic mass is 16.7. The van der Waals surface area contributed by atoms with Crippen molar-refractivity contribution in [1.82, 2.24) is 9.80 Å². The van der Waals surface area contributed by atoms with E-state index >= 15 is 0 Å². The fourth-order valence-electron chi connectivity index (χ4n) is 7.47. The Hall–Kier alpha value is -5.70. The summed E-state index contributed by atoms with van der Waals surface area (Å²) in [5.74, 6) is -0.536. The molecule has 0 saturated carbocycles. The van der Waals surface area contributed by atoms with Gasteiger partial charge >= 0.3 is 0 Å². The van der Waals surface area contributed by atoms with E-state index in [1.54, 1.807) is 24.3 Å². The van der Waals surface area contributed by atoms with E-state index in [4.69, 9.17) is 9.47 Å². The molecule has 8 rings (SSSR count). The molecule has 0 unspecified atom stereocenters. The minimum Gasteiger partial charge on any atom is -0.392 e. The Bertz CT molecular complexity index is 2150. The molecule has 6 aromatic carbocycles. The minimum atomic E-state index is -0.622. The van der Waals surface area contributed by atoms with Crippen LogP contribution >= 0.6 is 0 Å². The summed E-state index contributed by atoms with van der Waals surface area (Å²) in [6, 6.07) is 52.2. The fourth-order valence-corrected chi connectivity index (χ4v) is 7.47. The van der Waals surface area contributed by atoms with Crippen LogP contribution in [0.3, 0.4) is 0 Å². The molecule has 1 saturated heterocycles. The van der Waals surface area contributed by atoms with E-state index in [1.807, 2.05) is 72.8 Å². The Balaban J connectivity index is 1.05. The zero-order valence-electron chi connectivity index (χ0n) is 30.0. The van der Waals surface area contributed by atoms with Gasteiger partial charge in [-0.2, -0.15) is 0 Å². The normalized spacial score (nSPS) is 18.3. The first-order valence-corrected chi connectivity index (χ1v) is 18.5. The van der Waals surface area contributed by atoms with Gasteiger partial charge in [-0.3, -0.25) is 19.4 Å². The summed E-state index contributed by atoms with van der Waals surface area (Å²) in [5, 5.41) is 9.69. The number of rotatable bonds is 12. The average Bonchev–Trinajstić information content (AvgIpc) is 3.46. The van der Waals surface area contributed by atoms with Gasteiger partial charge in [0.25, 0.3) is 11.8 Å². The molecule has 0 bridgehead atoms. The van der Waals surface area contributed by atoms with Crippen LogP contribution in [-0.2, 0) is 35.7 Å². The number of ether oxygens (including phenoxy) is 2. The van der Waals surface area contributed by atoms with Gasteiger partial charge in [-0.25, -0.2) is 0 Å². The molecule has 270 valence electrons. The second-order valence-corrected chi connectivity index (χ2v) is 14.1. The predicted molar refractivity (Wildman–Crippen MR) is 208 cm³/mol. The first kappa shape index (κ1) is 35.3. The first-order valence-electron chi connectivity index (χ1n) is 18.5. The lowest BCUT2D eigenvalue weighted by molar-refractivity contribution is -0.253. The van der Waals surface area contributed by atoms with E-state index in [9.17, 15) is 14.7 Å². The Morgan fingerprint density at radius 1 is 0.574 bits per heavy atom. The van der Waals surface area contributed by atoms with Crippen molar-refractivity contribution in [2.24, 2.45) is 0 Å². The molecule has 2 heterocycles. The summed E-state index contributed by atoms with van der Waals surface area (Å²) in [6.07, 6.45) is -0.300. The highest BCUT2D eigenvalue weighted by Crippen LogP contribution is 2.39. The number of hydrogen-bond donors (Lipinski definition) is 1. The van der Waals surface area contributed by atoms with Crippen LogP contribution in [0.15, 0.2) is 158 Å². The molecular weight excluding hydrogens is 673 g/mol. The molecule has 7 heteroatoms. The van der Waals surface area contributed by atoms with E-state index in [0.29, 0.717) is 24.1 Å². The van der Waals surface area contributed by atoms with Gasteiger partial charge in [0.2, 0.25) is 0 Å². The average molecular weight is 715 g/mol. The van der Waals surface area contributed by atoms with E-state index in [2.05, 4.69) is 65.6 Å². The summed E-state index contributed by atoms with van der Waals surface area (Å²) in [7, 11) is 0. The van der Waals surface area contributed by atoms with Crippen molar-refractivity contribution < 1.29 is 24.2 Å². The van der Waals surface area contributed by atoms with Gasteiger partial charge in [0, 0.05) is 31.6 Å². The topological polar surface area (TPSA) is 79.3 Å². The van der Waals surface area contributed by atoms with Crippen LogP contribution in [0.2, 0.25) is 0 Å². The van der Waals surface area contributed by atoms with Gasteiger partial charge in [-0.15, -0.1) is 0 Å². The van der Waals surface area contributed by atoms with Gasteiger partial charge in [0.1, 0.15) is 0 Å². The van der Waals surface area contributed by atoms with Gasteiger partial charge in [0.15, 0.2) is 6.29 Å². The third kappa shape index (κ3) is 7.95. The van der Waals surface area contributed by atoms with Gasteiger partial charge in [-0.1, -0.05) is 133 Å². The number of hydrogen-bond acceptors (Lipinski definition) is 6. The van der Waals surface area contributed by atoms with E-state index in [1.165, 1.54) is 16.0 Å². The van der Waals surface area contributed by atoms with Crippen LogP contribution in [0.1, 0.15) is 72.9 Å². The summed E-state index contributed by atoms with van der Waals surface area (Å²) < 4.78 is 13.6. The largest absolute Gasteiger partial charge is 0.392 e. The zero-order chi connectivity index (χ0) is 36.9. The Kier molecular flexibility index (Phi) is 10.6. The van der Waals surface area contributed by atoms with E-state index in [-0.39, 0.29) is 37.2 Å². The maximum Gasteiger partial charge on any atom is 0.261 e. The Morgan fingerprint density at radius 2 is 1.15 bits per heavy atom. The first-order chi connectivity index (χ1) is 26.5. The Morgan fingerprint density at radius 3 is 1.78 bits per heavy atom. The standard InChI is InChI=1S/C47H42N2O5/c50-32-35-21-23-37(24-22-35)44-27-41(31-48(28-33-11-3-1-4-12-33)29-34-13-5-2-6-14-34)53-47(54-44)40-18-10-17-39(26-40)38-16-9-15-36(25-38)30-49-45(51)42-19-7-8-20-43(42)46(49)52/h1-26,41,44,47,50H,27-32H2/t41-,44+,47+/m1/s1. The molecule has 0 aliphatic carbocycles. The van der Waals surface area contributed by atoms with Crippen molar-refractivity contribution in [1.29, 1.82) is 0 Å². The van der Waals surface area contributed by atoms with Gasteiger partial charge < -0.3 is 14.6 Å². The van der Waals surface area contributed by atoms with Gasteiger partial charge in [-0.05, 0) is 63.2 Å². The molecule has 6 aromatic rings. The molecule has 1 N–H and O–H groups in total. The lowest BCUT2D eigenvalue weighted by atomic mass is 9.98. The molecule has 54 heavy (non-hydrogen) atoms. The van der Waals surface area contributed by atoms with Crippen molar-refractivity contribution in [2.45, 2.75) is 51.2 Å². The molecule has 2 amide bonds. The summed E-state index contributed by atoms with van der Waals surface area (Å²) in [5.41, 5.74) is 8.98. The van der Waals surface area contributed by atoms with Crippen LogP contribution in [0, 0.1) is 0 Å². The number of carbonyl (C=O) groups is 2. The summed E-state index contributed by atoms with van der Waals surface area (Å²) >= 11 is 0. The smallest absolute Gasteiger partial charge is 0.261 e. The van der Waals surface area contributed by atoms with Gasteiger partial charge in [0.05, 0.1) is 36.5 Å². The van der Waals surface area contributed by atoms with Crippen molar-refractivity contribution in [2.75, 3.05) is 6.54 Å². The molecule has 1 fully saturated rings. The van der Waals surface area contributed by atoms with Crippen molar-refractivity contribution >= 4 is 11.8 Å². The second-order valence-electron chi connectivity index (χ2n) is 14.1. The zero-order valence-corrected chi connectivity index (χ0v) is 30.0. The number of aliphatic hydroxyl groups is 1. The molecule has 2 aliphatic heterocycles. The third-order valence-corrected chi connectivity index (χ3v) is 10.2. The number of aliphatic hydroxyl groups excluding tert-OH is 1. The number of carbonyl (C=O) groups excluding carboxylic acids is 2. The number of benzene rings is 6. The molecular formula is C47H42N2O5. The predicted octanol–water partition coefficient (Wildman–Crippen LogP) is 8.89. The summed E-state index contributed by atoms with van der Waals surface area (Å²) in [6.45, 7) is 2.44. The molecule has 2 aliphatic rings. The van der Waals surface area contributed by atoms with Crippen LogP contribution in [0.5, 0.6) is 0 Å². The van der Waals surface area contributed by atoms with E-state index < -0.39 is 6.29 Å². The molecule has 3 atom stereocenters. The van der Waals surface area contributed by atoms with Crippen molar-refractivity contribution in [3.8, 4) is 11.1 Å². The number of amides is 2. The number of imide groups is 1.